The molecule has 0 unspecified atom stereocenters. The van der Waals surface area contributed by atoms with Crippen LogP contribution in [0.3, 0.4) is 0 Å². The molecule has 1 aliphatic heterocycles. The van der Waals surface area contributed by atoms with Crippen LogP contribution in [0, 0.1) is 0 Å². The van der Waals surface area contributed by atoms with E-state index >= 15 is 0 Å². The number of rotatable bonds is 3. The monoisotopic (exact) mass is 235 g/mol. The Morgan fingerprint density at radius 3 is 2.88 bits per heavy atom. The molecule has 2 heterocycles. The number of hydrogen-bond donors (Lipinski definition) is 1. The van der Waals surface area contributed by atoms with Crippen molar-refractivity contribution in [2.45, 2.75) is 32.4 Å². The standard InChI is InChI=1S/C13H21N3O/c1-3-11-9-17-12(8-16(11)4-2)10-5-6-13(14)15-7-10/h5-7,11-12H,3-4,8-9H2,1-2H3,(H2,14,15)/t11-,12+/m0/s1. The van der Waals surface area contributed by atoms with Crippen molar-refractivity contribution in [3.63, 3.8) is 0 Å². The van der Waals surface area contributed by atoms with Crippen LogP contribution < -0.4 is 5.73 Å². The van der Waals surface area contributed by atoms with Crippen molar-refractivity contribution in [3.8, 4) is 0 Å². The molecule has 1 aliphatic rings. The number of nitrogens with two attached hydrogens (primary N) is 1. The van der Waals surface area contributed by atoms with Gasteiger partial charge in [-0.1, -0.05) is 19.9 Å². The average molecular weight is 235 g/mol. The van der Waals surface area contributed by atoms with Crippen LogP contribution in [0.1, 0.15) is 31.9 Å². The van der Waals surface area contributed by atoms with E-state index in [1.807, 2.05) is 18.3 Å². The van der Waals surface area contributed by atoms with E-state index in [0.29, 0.717) is 11.9 Å². The highest BCUT2D eigenvalue weighted by atomic mass is 16.5. The Hall–Kier alpha value is -1.13. The Morgan fingerprint density at radius 1 is 1.47 bits per heavy atom. The summed E-state index contributed by atoms with van der Waals surface area (Å²) < 4.78 is 5.92. The van der Waals surface area contributed by atoms with E-state index in [-0.39, 0.29) is 6.10 Å². The van der Waals surface area contributed by atoms with Crippen LogP contribution in [-0.4, -0.2) is 35.6 Å². The fourth-order valence-electron chi connectivity index (χ4n) is 2.32. The molecule has 2 rings (SSSR count). The molecule has 0 radical (unpaired) electrons. The Kier molecular flexibility index (Phi) is 3.97. The zero-order chi connectivity index (χ0) is 12.3. The van der Waals surface area contributed by atoms with Crippen LogP contribution in [-0.2, 0) is 4.74 Å². The quantitative estimate of drug-likeness (QED) is 0.868. The number of anilines is 1. The van der Waals surface area contributed by atoms with E-state index in [9.17, 15) is 0 Å². The number of likely N-dealkylation sites (N-methyl/N-ethyl adjacent to an activating group) is 1. The van der Waals surface area contributed by atoms with Gasteiger partial charge in [-0.3, -0.25) is 4.90 Å². The van der Waals surface area contributed by atoms with Crippen molar-refractivity contribution >= 4 is 5.82 Å². The number of ether oxygens (including phenoxy) is 1. The second-order valence-electron chi connectivity index (χ2n) is 4.49. The number of hydrogen-bond acceptors (Lipinski definition) is 4. The predicted octanol–water partition coefficient (Wildman–Crippen LogP) is 1.84. The van der Waals surface area contributed by atoms with Gasteiger partial charge in [0.25, 0.3) is 0 Å². The van der Waals surface area contributed by atoms with Crippen LogP contribution in [0.15, 0.2) is 18.3 Å². The molecule has 0 amide bonds. The molecule has 4 heteroatoms. The third-order valence-corrected chi connectivity index (χ3v) is 3.46. The minimum atomic E-state index is 0.130. The van der Waals surface area contributed by atoms with Crippen molar-refractivity contribution < 1.29 is 4.74 Å². The fraction of sp³-hybridized carbons (Fsp3) is 0.615. The molecule has 2 atom stereocenters. The van der Waals surface area contributed by atoms with Gasteiger partial charge < -0.3 is 10.5 Å². The maximum atomic E-state index is 5.92. The molecule has 1 aromatic rings. The van der Waals surface area contributed by atoms with Crippen LogP contribution in [0.25, 0.3) is 0 Å². The molecule has 1 fully saturated rings. The first-order chi connectivity index (χ1) is 8.24. The van der Waals surface area contributed by atoms with Gasteiger partial charge >= 0.3 is 0 Å². The summed E-state index contributed by atoms with van der Waals surface area (Å²) in [6.07, 6.45) is 3.09. The maximum absolute atomic E-state index is 5.92. The number of nitrogen functional groups attached to an aromatic ring is 1. The van der Waals surface area contributed by atoms with Crippen LogP contribution in [0.5, 0.6) is 0 Å². The lowest BCUT2D eigenvalue weighted by Gasteiger charge is -2.38. The third-order valence-electron chi connectivity index (χ3n) is 3.46. The third kappa shape index (κ3) is 2.76. The minimum absolute atomic E-state index is 0.130. The summed E-state index contributed by atoms with van der Waals surface area (Å²) in [6, 6.07) is 4.39. The van der Waals surface area contributed by atoms with Gasteiger partial charge in [0.2, 0.25) is 0 Å². The Morgan fingerprint density at radius 2 is 2.29 bits per heavy atom. The SMILES string of the molecule is CC[C@H]1CO[C@@H](c2ccc(N)nc2)CN1CC. The second-order valence-corrected chi connectivity index (χ2v) is 4.49. The highest BCUT2D eigenvalue weighted by molar-refractivity contribution is 5.30. The molecule has 94 valence electrons. The topological polar surface area (TPSA) is 51.4 Å². The zero-order valence-electron chi connectivity index (χ0n) is 10.6. The van der Waals surface area contributed by atoms with E-state index in [1.54, 1.807) is 0 Å². The van der Waals surface area contributed by atoms with Crippen molar-refractivity contribution in [2.75, 3.05) is 25.4 Å². The molecule has 0 bridgehead atoms. The van der Waals surface area contributed by atoms with Crippen molar-refractivity contribution in [1.29, 1.82) is 0 Å². The summed E-state index contributed by atoms with van der Waals surface area (Å²) >= 11 is 0. The zero-order valence-corrected chi connectivity index (χ0v) is 10.6. The summed E-state index contributed by atoms with van der Waals surface area (Å²) in [6.45, 7) is 7.23. The summed E-state index contributed by atoms with van der Waals surface area (Å²) in [5.74, 6) is 0.559. The summed E-state index contributed by atoms with van der Waals surface area (Å²) in [5.41, 5.74) is 6.71. The second kappa shape index (κ2) is 5.47. The number of pyridine rings is 1. The first-order valence-electron chi connectivity index (χ1n) is 6.31. The minimum Gasteiger partial charge on any atom is -0.384 e. The summed E-state index contributed by atoms with van der Waals surface area (Å²) in [7, 11) is 0. The molecule has 0 aliphatic carbocycles. The van der Waals surface area contributed by atoms with E-state index in [1.165, 1.54) is 0 Å². The van der Waals surface area contributed by atoms with Gasteiger partial charge in [0.15, 0.2) is 0 Å². The smallest absolute Gasteiger partial charge is 0.123 e. The Bertz CT molecular complexity index is 352. The van der Waals surface area contributed by atoms with E-state index in [2.05, 4.69) is 23.7 Å². The van der Waals surface area contributed by atoms with E-state index < -0.39 is 0 Å². The molecule has 1 saturated heterocycles. The Labute approximate surface area is 103 Å². The van der Waals surface area contributed by atoms with Gasteiger partial charge in [-0.25, -0.2) is 4.98 Å². The van der Waals surface area contributed by atoms with Crippen LogP contribution >= 0.6 is 0 Å². The number of nitrogens with zero attached hydrogens (tertiary/aromatic N) is 2. The molecule has 4 nitrogen and oxygen atoms in total. The number of aromatic nitrogens is 1. The molecule has 0 spiro atoms. The maximum Gasteiger partial charge on any atom is 0.123 e. The van der Waals surface area contributed by atoms with Gasteiger partial charge in [0.05, 0.1) is 12.7 Å². The summed E-state index contributed by atoms with van der Waals surface area (Å²) in [5, 5.41) is 0. The van der Waals surface area contributed by atoms with Crippen molar-refractivity contribution in [1.82, 2.24) is 9.88 Å². The average Bonchev–Trinajstić information content (AvgIpc) is 2.39. The van der Waals surface area contributed by atoms with Gasteiger partial charge in [-0.05, 0) is 19.0 Å². The Balaban J connectivity index is 2.06. The first kappa shape index (κ1) is 12.3. The fourth-order valence-corrected chi connectivity index (χ4v) is 2.32. The van der Waals surface area contributed by atoms with Gasteiger partial charge in [0, 0.05) is 24.3 Å². The lowest BCUT2D eigenvalue weighted by atomic mass is 10.1. The summed E-state index contributed by atoms with van der Waals surface area (Å²) in [4.78, 5) is 6.60. The highest BCUT2D eigenvalue weighted by Crippen LogP contribution is 2.25. The molecule has 1 aromatic heterocycles. The van der Waals surface area contributed by atoms with Crippen LogP contribution in [0.2, 0.25) is 0 Å². The van der Waals surface area contributed by atoms with Crippen molar-refractivity contribution in [3.05, 3.63) is 23.9 Å². The van der Waals surface area contributed by atoms with E-state index in [4.69, 9.17) is 10.5 Å². The van der Waals surface area contributed by atoms with Gasteiger partial charge in [0.1, 0.15) is 5.82 Å². The van der Waals surface area contributed by atoms with Gasteiger partial charge in [-0.2, -0.15) is 0 Å². The lowest BCUT2D eigenvalue weighted by Crippen LogP contribution is -2.46. The molecule has 0 aromatic carbocycles. The molecule has 2 N–H and O–H groups in total. The molecule has 0 saturated carbocycles. The van der Waals surface area contributed by atoms with Crippen LogP contribution in [0.4, 0.5) is 5.82 Å². The highest BCUT2D eigenvalue weighted by Gasteiger charge is 2.27. The van der Waals surface area contributed by atoms with E-state index in [0.717, 1.165) is 31.7 Å². The number of morpholine rings is 1. The largest absolute Gasteiger partial charge is 0.384 e. The lowest BCUT2D eigenvalue weighted by molar-refractivity contribution is -0.0643. The molecular formula is C13H21N3O. The molecule has 17 heavy (non-hydrogen) atoms. The first-order valence-corrected chi connectivity index (χ1v) is 6.31. The van der Waals surface area contributed by atoms with Gasteiger partial charge in [-0.15, -0.1) is 0 Å². The normalized spacial score (nSPS) is 26.0. The molecular weight excluding hydrogens is 214 g/mol. The van der Waals surface area contributed by atoms with Crippen molar-refractivity contribution in [2.24, 2.45) is 0 Å². The predicted molar refractivity (Wildman–Crippen MR) is 68.7 cm³/mol.